The minimum atomic E-state index is -4.65. The van der Waals surface area contributed by atoms with Crippen molar-refractivity contribution in [2.75, 3.05) is 0 Å². The number of pyridine rings is 1. The maximum Gasteiger partial charge on any atom is 0.433 e. The van der Waals surface area contributed by atoms with Gasteiger partial charge in [0.05, 0.1) is 0 Å². The molecule has 112 valence electrons. The van der Waals surface area contributed by atoms with E-state index in [1.165, 1.54) is 17.0 Å². The van der Waals surface area contributed by atoms with Crippen LogP contribution in [0.25, 0.3) is 5.82 Å². The van der Waals surface area contributed by atoms with E-state index in [0.717, 1.165) is 6.07 Å². The van der Waals surface area contributed by atoms with Crippen LogP contribution < -0.4 is 0 Å². The smallest absolute Gasteiger partial charge is 0.433 e. The van der Waals surface area contributed by atoms with Gasteiger partial charge in [-0.15, -0.1) is 0 Å². The molecule has 2 rings (SSSR count). The number of aromatic carboxylic acids is 1. The zero-order valence-corrected chi connectivity index (χ0v) is 11.2. The molecular formula is C13H12F3N3O2. The van der Waals surface area contributed by atoms with Crippen molar-refractivity contribution in [2.24, 2.45) is 0 Å². The maximum absolute atomic E-state index is 12.8. The predicted molar refractivity (Wildman–Crippen MR) is 67.4 cm³/mol. The second-order valence-corrected chi connectivity index (χ2v) is 4.68. The molecule has 0 aliphatic rings. The fourth-order valence-electron chi connectivity index (χ4n) is 1.88. The van der Waals surface area contributed by atoms with E-state index in [1.54, 1.807) is 13.8 Å². The van der Waals surface area contributed by atoms with Gasteiger partial charge in [0.25, 0.3) is 0 Å². The minimum absolute atomic E-state index is 0.0991. The van der Waals surface area contributed by atoms with E-state index < -0.39 is 17.8 Å². The van der Waals surface area contributed by atoms with Crippen LogP contribution in [0.15, 0.2) is 24.5 Å². The molecule has 0 aliphatic carbocycles. The lowest BCUT2D eigenvalue weighted by molar-refractivity contribution is -0.141. The van der Waals surface area contributed by atoms with Crippen LogP contribution in [0, 0.1) is 0 Å². The van der Waals surface area contributed by atoms with Crippen molar-refractivity contribution in [3.05, 3.63) is 41.6 Å². The van der Waals surface area contributed by atoms with Crippen molar-refractivity contribution >= 4 is 5.97 Å². The molecule has 0 saturated heterocycles. The van der Waals surface area contributed by atoms with Crippen molar-refractivity contribution in [2.45, 2.75) is 25.9 Å². The van der Waals surface area contributed by atoms with Gasteiger partial charge in [-0.1, -0.05) is 13.8 Å². The number of alkyl halides is 3. The Labute approximate surface area is 118 Å². The average Bonchev–Trinajstić information content (AvgIpc) is 2.85. The number of nitrogens with zero attached hydrogens (tertiary/aromatic N) is 3. The quantitative estimate of drug-likeness (QED) is 0.945. The van der Waals surface area contributed by atoms with Crippen LogP contribution in [-0.4, -0.2) is 25.6 Å². The van der Waals surface area contributed by atoms with Gasteiger partial charge in [-0.2, -0.15) is 13.2 Å². The molecule has 8 heteroatoms. The van der Waals surface area contributed by atoms with Crippen LogP contribution in [0.1, 0.15) is 41.6 Å². The first-order chi connectivity index (χ1) is 9.71. The Morgan fingerprint density at radius 1 is 1.33 bits per heavy atom. The van der Waals surface area contributed by atoms with Gasteiger partial charge in [-0.3, -0.25) is 4.57 Å². The molecule has 2 aromatic rings. The molecule has 0 unspecified atom stereocenters. The molecule has 2 heterocycles. The number of carboxylic acid groups (broad SMARTS) is 1. The Balaban J connectivity index is 2.69. The zero-order valence-electron chi connectivity index (χ0n) is 11.2. The van der Waals surface area contributed by atoms with Gasteiger partial charge in [0.2, 0.25) is 0 Å². The number of hydrogen-bond acceptors (Lipinski definition) is 3. The lowest BCUT2D eigenvalue weighted by atomic mass is 10.2. The largest absolute Gasteiger partial charge is 0.478 e. The molecule has 0 saturated carbocycles. The molecule has 1 N–H and O–H groups in total. The van der Waals surface area contributed by atoms with Crippen molar-refractivity contribution in [1.82, 2.24) is 14.5 Å². The van der Waals surface area contributed by atoms with E-state index in [9.17, 15) is 18.0 Å². The van der Waals surface area contributed by atoms with Crippen molar-refractivity contribution in [3.63, 3.8) is 0 Å². The fourth-order valence-corrected chi connectivity index (χ4v) is 1.88. The summed E-state index contributed by atoms with van der Waals surface area (Å²) < 4.78 is 39.6. The van der Waals surface area contributed by atoms with Gasteiger partial charge >= 0.3 is 12.1 Å². The first-order valence-electron chi connectivity index (χ1n) is 6.07. The normalized spacial score (nSPS) is 11.9. The van der Waals surface area contributed by atoms with Gasteiger partial charge in [0.1, 0.15) is 17.1 Å². The van der Waals surface area contributed by atoms with E-state index in [0.29, 0.717) is 11.9 Å². The number of rotatable bonds is 3. The Kier molecular flexibility index (Phi) is 3.71. The highest BCUT2D eigenvalue weighted by atomic mass is 19.4. The van der Waals surface area contributed by atoms with Crippen molar-refractivity contribution in [1.29, 1.82) is 0 Å². The highest BCUT2D eigenvalue weighted by Crippen LogP contribution is 2.30. The van der Waals surface area contributed by atoms with Gasteiger partial charge in [-0.25, -0.2) is 14.8 Å². The molecule has 5 nitrogen and oxygen atoms in total. The lowest BCUT2D eigenvalue weighted by Crippen LogP contribution is -2.15. The molecule has 0 amide bonds. The van der Waals surface area contributed by atoms with E-state index in [4.69, 9.17) is 5.11 Å². The highest BCUT2D eigenvalue weighted by Gasteiger charge is 2.34. The van der Waals surface area contributed by atoms with Gasteiger partial charge < -0.3 is 5.11 Å². The third kappa shape index (κ3) is 2.88. The van der Waals surface area contributed by atoms with E-state index in [1.807, 2.05) is 0 Å². The Morgan fingerprint density at radius 3 is 2.52 bits per heavy atom. The molecule has 0 aliphatic heterocycles. The minimum Gasteiger partial charge on any atom is -0.478 e. The summed E-state index contributed by atoms with van der Waals surface area (Å²) in [5.41, 5.74) is -1.46. The topological polar surface area (TPSA) is 68.0 Å². The summed E-state index contributed by atoms with van der Waals surface area (Å²) in [6, 6.07) is 1.55. The third-order valence-corrected chi connectivity index (χ3v) is 2.81. The summed E-state index contributed by atoms with van der Waals surface area (Å²) in [6.45, 7) is 3.60. The summed E-state index contributed by atoms with van der Waals surface area (Å²) in [5, 5.41) is 9.13. The van der Waals surface area contributed by atoms with Crippen LogP contribution in [0.2, 0.25) is 0 Å². The molecule has 0 fully saturated rings. The first kappa shape index (κ1) is 15.0. The molecule has 0 spiro atoms. The van der Waals surface area contributed by atoms with Crippen molar-refractivity contribution < 1.29 is 23.1 Å². The van der Waals surface area contributed by atoms with E-state index in [-0.39, 0.29) is 17.3 Å². The monoisotopic (exact) mass is 299 g/mol. The standard InChI is InChI=1S/C13H12F3N3O2/c1-7(2)10-17-5-6-19(10)11-8(12(20)21)3-4-9(18-11)13(14,15)16/h3-7H,1-2H3,(H,20,21). The number of aromatic nitrogens is 3. The number of hydrogen-bond donors (Lipinski definition) is 1. The SMILES string of the molecule is CC(C)c1nccn1-c1nc(C(F)(F)F)ccc1C(=O)O. The number of halogens is 3. The fraction of sp³-hybridized carbons (Fsp3) is 0.308. The average molecular weight is 299 g/mol. The Hall–Kier alpha value is -2.38. The zero-order chi connectivity index (χ0) is 15.8. The van der Waals surface area contributed by atoms with E-state index >= 15 is 0 Å². The summed E-state index contributed by atoms with van der Waals surface area (Å²) in [4.78, 5) is 18.7. The molecule has 0 aromatic carbocycles. The number of carbonyl (C=O) groups is 1. The number of imidazole rings is 1. The van der Waals surface area contributed by atoms with Crippen LogP contribution >= 0.6 is 0 Å². The molecule has 0 radical (unpaired) electrons. The number of carboxylic acids is 1. The maximum atomic E-state index is 12.8. The molecular weight excluding hydrogens is 287 g/mol. The van der Waals surface area contributed by atoms with Crippen LogP contribution in [0.5, 0.6) is 0 Å². The Bertz CT molecular complexity index is 678. The summed E-state index contributed by atoms with van der Waals surface area (Å²) in [6.07, 6.45) is -1.86. The summed E-state index contributed by atoms with van der Waals surface area (Å²) in [5.74, 6) is -1.31. The molecule has 0 atom stereocenters. The second kappa shape index (κ2) is 5.19. The summed E-state index contributed by atoms with van der Waals surface area (Å²) >= 11 is 0. The Morgan fingerprint density at radius 2 is 2.00 bits per heavy atom. The first-order valence-corrected chi connectivity index (χ1v) is 6.07. The highest BCUT2D eigenvalue weighted by molar-refractivity contribution is 5.91. The van der Waals surface area contributed by atoms with Gasteiger partial charge in [0.15, 0.2) is 5.82 Å². The van der Waals surface area contributed by atoms with E-state index in [2.05, 4.69) is 9.97 Å². The molecule has 2 aromatic heterocycles. The van der Waals surface area contributed by atoms with Crippen molar-refractivity contribution in [3.8, 4) is 5.82 Å². The third-order valence-electron chi connectivity index (χ3n) is 2.81. The van der Waals surface area contributed by atoms with Crippen LogP contribution in [0.4, 0.5) is 13.2 Å². The van der Waals surface area contributed by atoms with Gasteiger partial charge in [-0.05, 0) is 12.1 Å². The van der Waals surface area contributed by atoms with Crippen LogP contribution in [-0.2, 0) is 6.18 Å². The molecule has 21 heavy (non-hydrogen) atoms. The van der Waals surface area contributed by atoms with Gasteiger partial charge in [0, 0.05) is 18.3 Å². The van der Waals surface area contributed by atoms with Crippen LogP contribution in [0.3, 0.4) is 0 Å². The second-order valence-electron chi connectivity index (χ2n) is 4.68. The predicted octanol–water partition coefficient (Wildman–Crippen LogP) is 3.11. The lowest BCUT2D eigenvalue weighted by Gasteiger charge is -2.14. The summed E-state index contributed by atoms with van der Waals surface area (Å²) in [7, 11) is 0. The molecule has 0 bridgehead atoms.